The van der Waals surface area contributed by atoms with Crippen LogP contribution >= 0.6 is 0 Å². The summed E-state index contributed by atoms with van der Waals surface area (Å²) in [7, 11) is -5.05. The molecule has 3 N–H and O–H groups in total. The Labute approximate surface area is 170 Å². The van der Waals surface area contributed by atoms with Crippen molar-refractivity contribution in [3.05, 3.63) is 0 Å². The van der Waals surface area contributed by atoms with Crippen molar-refractivity contribution in [1.82, 2.24) is 0 Å². The SMILES string of the molecule is O=C(O)C(C(C(=O)O)(C1CCCCC1)C1CCCCC1)S(=O)(=O)O.[Na]. The fourth-order valence-electron chi connectivity index (χ4n) is 4.96. The molecule has 0 aromatic carbocycles. The Morgan fingerprint density at radius 2 is 1.20 bits per heavy atom. The molecule has 0 aromatic rings. The van der Waals surface area contributed by atoms with Crippen LogP contribution in [0.3, 0.4) is 0 Å². The van der Waals surface area contributed by atoms with Crippen LogP contribution in [0.1, 0.15) is 64.2 Å². The zero-order chi connectivity index (χ0) is 18.0. The second-order valence-corrected chi connectivity index (χ2v) is 8.64. The van der Waals surface area contributed by atoms with Crippen molar-refractivity contribution in [1.29, 1.82) is 0 Å². The summed E-state index contributed by atoms with van der Waals surface area (Å²) in [4.78, 5) is 24.2. The summed E-state index contributed by atoms with van der Waals surface area (Å²) in [5.41, 5.74) is -1.96. The molecule has 25 heavy (non-hydrogen) atoms. The predicted octanol–water partition coefficient (Wildman–Crippen LogP) is 2.18. The molecule has 0 bridgehead atoms. The summed E-state index contributed by atoms with van der Waals surface area (Å²) in [6, 6.07) is 0. The number of carboxylic acid groups (broad SMARTS) is 2. The normalized spacial score (nSPS) is 22.0. The quantitative estimate of drug-likeness (QED) is 0.472. The summed E-state index contributed by atoms with van der Waals surface area (Å²) >= 11 is 0. The average Bonchev–Trinajstić information content (AvgIpc) is 2.52. The molecule has 2 saturated carbocycles. The van der Waals surface area contributed by atoms with Crippen LogP contribution in [0.5, 0.6) is 0 Å². The van der Waals surface area contributed by atoms with E-state index < -0.39 is 44.6 Å². The molecule has 2 aliphatic carbocycles. The summed E-state index contributed by atoms with van der Waals surface area (Å²) in [6.07, 6.45) is 6.83. The predicted molar refractivity (Wildman–Crippen MR) is 91.9 cm³/mol. The van der Waals surface area contributed by atoms with Gasteiger partial charge in [-0.2, -0.15) is 8.42 Å². The van der Waals surface area contributed by atoms with Crippen LogP contribution in [0, 0.1) is 17.3 Å². The van der Waals surface area contributed by atoms with E-state index in [0.29, 0.717) is 25.7 Å². The molecule has 9 heteroatoms. The number of carboxylic acids is 2. The van der Waals surface area contributed by atoms with Crippen molar-refractivity contribution in [3.8, 4) is 0 Å². The van der Waals surface area contributed by atoms with Gasteiger partial charge in [0.25, 0.3) is 10.1 Å². The van der Waals surface area contributed by atoms with Gasteiger partial charge in [0.05, 0.1) is 0 Å². The molecule has 1 atom stereocenters. The molecular weight excluding hydrogens is 359 g/mol. The van der Waals surface area contributed by atoms with E-state index in [4.69, 9.17) is 0 Å². The van der Waals surface area contributed by atoms with E-state index in [1.807, 2.05) is 0 Å². The first kappa shape index (κ1) is 22.9. The van der Waals surface area contributed by atoms with E-state index in [0.717, 1.165) is 38.5 Å². The molecule has 0 heterocycles. The van der Waals surface area contributed by atoms with Gasteiger partial charge in [0.1, 0.15) is 5.41 Å². The van der Waals surface area contributed by atoms with Crippen LogP contribution in [0.15, 0.2) is 0 Å². The van der Waals surface area contributed by atoms with Crippen molar-refractivity contribution in [2.75, 3.05) is 0 Å². The summed E-state index contributed by atoms with van der Waals surface area (Å²) in [5, 5.41) is 17.3. The molecule has 0 amide bonds. The molecule has 0 saturated heterocycles. The third-order valence-corrected chi connectivity index (χ3v) is 7.08. The fraction of sp³-hybridized carbons (Fsp3) is 0.875. The Kier molecular flexibility index (Phi) is 8.40. The Morgan fingerprint density at radius 1 is 0.840 bits per heavy atom. The zero-order valence-electron chi connectivity index (χ0n) is 14.7. The zero-order valence-corrected chi connectivity index (χ0v) is 17.5. The van der Waals surface area contributed by atoms with E-state index in [2.05, 4.69) is 0 Å². The van der Waals surface area contributed by atoms with Gasteiger partial charge in [0, 0.05) is 29.6 Å². The second-order valence-electron chi connectivity index (χ2n) is 7.14. The minimum atomic E-state index is -5.05. The monoisotopic (exact) mass is 385 g/mol. The number of hydrogen-bond donors (Lipinski definition) is 3. The first-order valence-electron chi connectivity index (χ1n) is 8.64. The molecular formula is C16H26NaO7S. The van der Waals surface area contributed by atoms with Gasteiger partial charge in [-0.15, -0.1) is 0 Å². The van der Waals surface area contributed by atoms with E-state index in [-0.39, 0.29) is 29.6 Å². The van der Waals surface area contributed by atoms with Crippen molar-refractivity contribution >= 4 is 51.6 Å². The van der Waals surface area contributed by atoms with Gasteiger partial charge in [-0.1, -0.05) is 38.5 Å². The molecule has 2 aliphatic rings. The molecule has 7 nitrogen and oxygen atoms in total. The minimum Gasteiger partial charge on any atom is -0.481 e. The van der Waals surface area contributed by atoms with Gasteiger partial charge in [0.2, 0.25) is 0 Å². The van der Waals surface area contributed by atoms with Gasteiger partial charge in [-0.3, -0.25) is 14.1 Å². The third kappa shape index (κ3) is 4.58. The molecule has 0 aliphatic heterocycles. The minimum absolute atomic E-state index is 0. The number of carbonyl (C=O) groups is 2. The molecule has 1 radical (unpaired) electrons. The van der Waals surface area contributed by atoms with Crippen LogP contribution in [-0.4, -0.2) is 69.9 Å². The van der Waals surface area contributed by atoms with Crippen LogP contribution in [0.25, 0.3) is 0 Å². The topological polar surface area (TPSA) is 129 Å². The van der Waals surface area contributed by atoms with Crippen molar-refractivity contribution in [2.24, 2.45) is 17.3 Å². The van der Waals surface area contributed by atoms with Gasteiger partial charge in [0.15, 0.2) is 5.25 Å². The first-order chi connectivity index (χ1) is 11.2. The van der Waals surface area contributed by atoms with E-state index in [9.17, 15) is 32.8 Å². The summed E-state index contributed by atoms with van der Waals surface area (Å²) in [5.74, 6) is -4.26. The van der Waals surface area contributed by atoms with Gasteiger partial charge < -0.3 is 10.2 Å². The maximum atomic E-state index is 12.4. The third-order valence-electron chi connectivity index (χ3n) is 5.89. The number of rotatable bonds is 6. The largest absolute Gasteiger partial charge is 0.481 e. The maximum absolute atomic E-state index is 12.4. The van der Waals surface area contributed by atoms with Crippen LogP contribution in [-0.2, 0) is 19.7 Å². The summed E-state index contributed by atoms with van der Waals surface area (Å²) < 4.78 is 33.5. The van der Waals surface area contributed by atoms with Crippen molar-refractivity contribution in [3.63, 3.8) is 0 Å². The van der Waals surface area contributed by atoms with Crippen LogP contribution in [0.2, 0.25) is 0 Å². The second kappa shape index (κ2) is 9.17. The molecule has 1 unspecified atom stereocenters. The average molecular weight is 385 g/mol. The Balaban J connectivity index is 0.00000312. The Morgan fingerprint density at radius 3 is 1.44 bits per heavy atom. The first-order valence-corrected chi connectivity index (χ1v) is 10.1. The van der Waals surface area contributed by atoms with Crippen LogP contribution in [0.4, 0.5) is 0 Å². The molecule has 0 spiro atoms. The van der Waals surface area contributed by atoms with Gasteiger partial charge >= 0.3 is 11.9 Å². The van der Waals surface area contributed by atoms with Crippen LogP contribution < -0.4 is 0 Å². The molecule has 0 aromatic heterocycles. The fourth-order valence-corrected chi connectivity index (χ4v) is 6.19. The van der Waals surface area contributed by atoms with Gasteiger partial charge in [-0.05, 0) is 37.5 Å². The number of hydrogen-bond acceptors (Lipinski definition) is 4. The van der Waals surface area contributed by atoms with Gasteiger partial charge in [-0.25, -0.2) is 0 Å². The molecule has 2 fully saturated rings. The summed E-state index contributed by atoms with van der Waals surface area (Å²) in [6.45, 7) is 0. The van der Waals surface area contributed by atoms with Crippen molar-refractivity contribution in [2.45, 2.75) is 69.5 Å². The maximum Gasteiger partial charge on any atom is 0.325 e. The standard InChI is InChI=1S/C16H26O7S.Na/c17-14(18)13(24(21,22)23)16(15(19)20,11-7-3-1-4-8-11)12-9-5-2-6-10-12;/h11-13H,1-10H2,(H,17,18)(H,19,20)(H,21,22,23);. The Bertz CT molecular complexity index is 559. The smallest absolute Gasteiger partial charge is 0.325 e. The van der Waals surface area contributed by atoms with E-state index in [1.54, 1.807) is 0 Å². The molecule has 139 valence electrons. The molecule has 2 rings (SSSR count). The Hall–Kier alpha value is -0.150. The van der Waals surface area contributed by atoms with Crippen molar-refractivity contribution < 1.29 is 32.8 Å². The van der Waals surface area contributed by atoms with E-state index in [1.165, 1.54) is 0 Å². The number of aliphatic carboxylic acids is 2. The van der Waals surface area contributed by atoms with E-state index >= 15 is 0 Å².